The Bertz CT molecular complexity index is 1780. The maximum absolute atomic E-state index is 14.1. The van der Waals surface area contributed by atoms with E-state index < -0.39 is 17.8 Å². The average molecular weight is 523 g/mol. The topological polar surface area (TPSA) is 76.6 Å². The second kappa shape index (κ2) is 8.45. The third-order valence-corrected chi connectivity index (χ3v) is 8.59. The number of fused-ring (bicyclic) bond motifs is 1. The van der Waals surface area contributed by atoms with Crippen LogP contribution in [0.5, 0.6) is 5.75 Å². The molecule has 0 spiro atoms. The van der Waals surface area contributed by atoms with Crippen LogP contribution in [0.4, 0.5) is 5.69 Å². The number of benzene rings is 4. The number of carbonyl (C=O) groups is 3. The van der Waals surface area contributed by atoms with E-state index in [2.05, 4.69) is 29.2 Å². The molecule has 2 amide bonds. The fourth-order valence-corrected chi connectivity index (χ4v) is 7.02. The van der Waals surface area contributed by atoms with Crippen LogP contribution in [-0.2, 0) is 9.59 Å². The van der Waals surface area contributed by atoms with Gasteiger partial charge in [-0.05, 0) is 52.6 Å². The first kappa shape index (κ1) is 22.8. The summed E-state index contributed by atoms with van der Waals surface area (Å²) in [6, 6.07) is 32.0. The van der Waals surface area contributed by atoms with Crippen molar-refractivity contribution >= 4 is 34.4 Å². The summed E-state index contributed by atoms with van der Waals surface area (Å²) < 4.78 is 5.72. The largest absolute Gasteiger partial charge is 0.421 e. The highest BCUT2D eigenvalue weighted by atomic mass is 16.5. The Morgan fingerprint density at radius 2 is 1.25 bits per heavy atom. The fraction of sp³-hybridized carbons (Fsp3) is 0.118. The van der Waals surface area contributed by atoms with Crippen molar-refractivity contribution in [3.8, 4) is 5.75 Å². The molecule has 192 valence electrons. The van der Waals surface area contributed by atoms with Crippen molar-refractivity contribution in [2.24, 2.45) is 11.8 Å². The third-order valence-electron chi connectivity index (χ3n) is 8.59. The molecule has 2 atom stereocenters. The Morgan fingerprint density at radius 3 is 1.88 bits per heavy atom. The number of amides is 2. The van der Waals surface area contributed by atoms with Gasteiger partial charge in [0.25, 0.3) is 0 Å². The summed E-state index contributed by atoms with van der Waals surface area (Å²) in [5.41, 5.74) is 5.69. The van der Waals surface area contributed by atoms with Crippen LogP contribution in [0.2, 0.25) is 0 Å². The number of esters is 1. The first-order valence-electron chi connectivity index (χ1n) is 13.3. The first-order chi connectivity index (χ1) is 19.6. The molecule has 1 fully saturated rings. The molecular weight excluding hydrogens is 500 g/mol. The zero-order valence-corrected chi connectivity index (χ0v) is 21.2. The van der Waals surface area contributed by atoms with E-state index in [9.17, 15) is 14.4 Å². The molecule has 4 aliphatic rings. The number of carbonyl (C=O) groups excluding carboxylic acids is 3. The van der Waals surface area contributed by atoms with Gasteiger partial charge < -0.3 is 4.74 Å². The number of anilines is 1. The standard InChI is InChI=1S/C34H22N2O4/c37-32-29-27-22-12-1-2-13-23(22)28(25-15-4-3-14-24(25)27)30(29)33(38)36(32)21-11-5-9-20(18-21)34(39)40-26-16-6-8-19-10-7-17-35-31(19)26/h1-18,27-30H. The number of aromatic nitrogens is 1. The lowest BCUT2D eigenvalue weighted by atomic mass is 9.55. The van der Waals surface area contributed by atoms with Crippen LogP contribution >= 0.6 is 0 Å². The molecule has 0 saturated carbocycles. The van der Waals surface area contributed by atoms with E-state index in [0.29, 0.717) is 17.0 Å². The minimum absolute atomic E-state index is 0.184. The Balaban J connectivity index is 1.16. The van der Waals surface area contributed by atoms with E-state index in [-0.39, 0.29) is 29.2 Å². The van der Waals surface area contributed by atoms with Crippen LogP contribution in [0, 0.1) is 11.8 Å². The summed E-state index contributed by atoms with van der Waals surface area (Å²) in [6.07, 6.45) is 1.65. The molecular formula is C34H22N2O4. The Hall–Kier alpha value is -5.10. The number of hydrogen-bond acceptors (Lipinski definition) is 5. The van der Waals surface area contributed by atoms with E-state index in [0.717, 1.165) is 27.6 Å². The molecule has 6 nitrogen and oxygen atoms in total. The van der Waals surface area contributed by atoms with Gasteiger partial charge in [0.15, 0.2) is 5.75 Å². The second-order valence-electron chi connectivity index (χ2n) is 10.5. The number of pyridine rings is 1. The quantitative estimate of drug-likeness (QED) is 0.169. The monoisotopic (exact) mass is 522 g/mol. The number of rotatable bonds is 3. The van der Waals surface area contributed by atoms with Crippen molar-refractivity contribution in [2.75, 3.05) is 4.90 Å². The molecule has 2 bridgehead atoms. The van der Waals surface area contributed by atoms with Gasteiger partial charge in [-0.15, -0.1) is 0 Å². The number of para-hydroxylation sites is 1. The lowest BCUT2D eigenvalue weighted by Crippen LogP contribution is -2.41. The predicted molar refractivity (Wildman–Crippen MR) is 149 cm³/mol. The highest BCUT2D eigenvalue weighted by Crippen LogP contribution is 2.61. The molecule has 0 N–H and O–H groups in total. The van der Waals surface area contributed by atoms with Crippen molar-refractivity contribution in [2.45, 2.75) is 11.8 Å². The number of ether oxygens (including phenoxy) is 1. The summed E-state index contributed by atoms with van der Waals surface area (Å²) in [4.78, 5) is 47.0. The smallest absolute Gasteiger partial charge is 0.343 e. The molecule has 0 radical (unpaired) electrons. The van der Waals surface area contributed by atoms with Gasteiger partial charge in [-0.1, -0.05) is 72.8 Å². The normalized spacial score (nSPS) is 22.1. The minimum atomic E-state index is -0.587. The van der Waals surface area contributed by atoms with Crippen LogP contribution in [0.1, 0.15) is 44.4 Å². The van der Waals surface area contributed by atoms with E-state index in [1.54, 1.807) is 42.6 Å². The molecule has 4 aromatic carbocycles. The van der Waals surface area contributed by atoms with Gasteiger partial charge >= 0.3 is 5.97 Å². The highest BCUT2D eigenvalue weighted by Gasteiger charge is 2.61. The van der Waals surface area contributed by atoms with E-state index in [4.69, 9.17) is 4.74 Å². The third kappa shape index (κ3) is 3.10. The molecule has 2 heterocycles. The molecule has 9 rings (SSSR count). The maximum atomic E-state index is 14.1. The summed E-state index contributed by atoms with van der Waals surface area (Å²) in [6.45, 7) is 0. The van der Waals surface area contributed by atoms with Crippen molar-refractivity contribution in [1.29, 1.82) is 0 Å². The Labute approximate surface area is 229 Å². The van der Waals surface area contributed by atoms with Crippen molar-refractivity contribution in [3.05, 3.63) is 137 Å². The summed E-state index contributed by atoms with van der Waals surface area (Å²) in [5.74, 6) is -2.03. The molecule has 1 aliphatic heterocycles. The van der Waals surface area contributed by atoms with Gasteiger partial charge in [0.1, 0.15) is 5.52 Å². The maximum Gasteiger partial charge on any atom is 0.343 e. The van der Waals surface area contributed by atoms with E-state index in [1.165, 1.54) is 4.90 Å². The van der Waals surface area contributed by atoms with Gasteiger partial charge in [0, 0.05) is 23.4 Å². The summed E-state index contributed by atoms with van der Waals surface area (Å²) >= 11 is 0. The summed E-state index contributed by atoms with van der Waals surface area (Å²) in [5, 5.41) is 0.856. The lowest BCUT2D eigenvalue weighted by molar-refractivity contribution is -0.122. The minimum Gasteiger partial charge on any atom is -0.421 e. The van der Waals surface area contributed by atoms with Gasteiger partial charge in [-0.25, -0.2) is 9.69 Å². The Kier molecular flexibility index (Phi) is 4.83. The lowest BCUT2D eigenvalue weighted by Gasteiger charge is -2.45. The van der Waals surface area contributed by atoms with Crippen molar-refractivity contribution in [1.82, 2.24) is 4.98 Å². The van der Waals surface area contributed by atoms with Crippen LogP contribution < -0.4 is 9.64 Å². The van der Waals surface area contributed by atoms with Gasteiger partial charge in [-0.3, -0.25) is 14.6 Å². The van der Waals surface area contributed by atoms with Crippen LogP contribution in [0.25, 0.3) is 10.9 Å². The number of imide groups is 1. The number of nitrogens with zero attached hydrogens (tertiary/aromatic N) is 2. The molecule has 1 saturated heterocycles. The molecule has 3 aliphatic carbocycles. The molecule has 5 aromatic rings. The zero-order chi connectivity index (χ0) is 27.0. The van der Waals surface area contributed by atoms with Crippen LogP contribution in [-0.4, -0.2) is 22.8 Å². The number of hydrogen-bond donors (Lipinski definition) is 0. The molecule has 6 heteroatoms. The van der Waals surface area contributed by atoms with Gasteiger partial charge in [0.2, 0.25) is 11.8 Å². The SMILES string of the molecule is O=C(Oc1cccc2cccnc12)c1cccc(N2C(=O)C3C4c5ccccc5C(c5ccccc54)C3C2=O)c1. The van der Waals surface area contributed by atoms with Crippen LogP contribution in [0.15, 0.2) is 109 Å². The summed E-state index contributed by atoms with van der Waals surface area (Å²) in [7, 11) is 0. The average Bonchev–Trinajstić information content (AvgIpc) is 3.27. The van der Waals surface area contributed by atoms with E-state index in [1.807, 2.05) is 42.5 Å². The molecule has 40 heavy (non-hydrogen) atoms. The van der Waals surface area contributed by atoms with Crippen LogP contribution in [0.3, 0.4) is 0 Å². The van der Waals surface area contributed by atoms with Gasteiger partial charge in [-0.2, -0.15) is 0 Å². The van der Waals surface area contributed by atoms with E-state index >= 15 is 0 Å². The first-order valence-corrected chi connectivity index (χ1v) is 13.3. The molecule has 1 aromatic heterocycles. The fourth-order valence-electron chi connectivity index (χ4n) is 7.02. The highest BCUT2D eigenvalue weighted by molar-refractivity contribution is 6.23. The second-order valence-corrected chi connectivity index (χ2v) is 10.5. The zero-order valence-electron chi connectivity index (χ0n) is 21.2. The van der Waals surface area contributed by atoms with Crippen molar-refractivity contribution in [3.63, 3.8) is 0 Å². The Morgan fingerprint density at radius 1 is 0.675 bits per heavy atom. The molecule has 2 unspecified atom stereocenters. The predicted octanol–water partition coefficient (Wildman–Crippen LogP) is 5.85. The van der Waals surface area contributed by atoms with Crippen molar-refractivity contribution < 1.29 is 19.1 Å². The van der Waals surface area contributed by atoms with Gasteiger partial charge in [0.05, 0.1) is 23.1 Å².